The summed E-state index contributed by atoms with van der Waals surface area (Å²) in [6.45, 7) is 4.58. The third-order valence-corrected chi connectivity index (χ3v) is 3.99. The van der Waals surface area contributed by atoms with Crippen molar-refractivity contribution in [3.63, 3.8) is 0 Å². The highest BCUT2D eigenvalue weighted by Gasteiger charge is 2.23. The number of benzene rings is 1. The van der Waals surface area contributed by atoms with Crippen LogP contribution in [0.1, 0.15) is 43.0 Å². The van der Waals surface area contributed by atoms with Gasteiger partial charge in [-0.05, 0) is 44.4 Å². The number of hydrogen-bond donors (Lipinski definition) is 1. The molecular weight excluding hydrogens is 286 g/mol. The quantitative estimate of drug-likeness (QED) is 0.861. The van der Waals surface area contributed by atoms with Crippen molar-refractivity contribution >= 4 is 28.5 Å². The van der Waals surface area contributed by atoms with E-state index in [1.807, 2.05) is 19.1 Å². The summed E-state index contributed by atoms with van der Waals surface area (Å²) in [6.07, 6.45) is 2.69. The monoisotopic (exact) mass is 305 g/mol. The van der Waals surface area contributed by atoms with E-state index in [1.165, 1.54) is 5.56 Å². The topological polar surface area (TPSA) is 46.9 Å². The maximum absolute atomic E-state index is 11.9. The van der Waals surface area contributed by atoms with E-state index in [9.17, 15) is 4.79 Å². The fraction of sp³-hybridized carbons (Fsp3) is 0.500. The van der Waals surface area contributed by atoms with Crippen LogP contribution >= 0.6 is 11.6 Å². The molecule has 21 heavy (non-hydrogen) atoms. The fourth-order valence-corrected chi connectivity index (χ4v) is 2.70. The van der Waals surface area contributed by atoms with Gasteiger partial charge in [-0.2, -0.15) is 0 Å². The largest absolute Gasteiger partial charge is 0.353 e. The van der Waals surface area contributed by atoms with Gasteiger partial charge in [0.25, 0.3) is 0 Å². The number of nitrogens with zero attached hydrogens (tertiary/aromatic N) is 2. The zero-order valence-corrected chi connectivity index (χ0v) is 13.2. The predicted octanol–water partition coefficient (Wildman–Crippen LogP) is 3.31. The summed E-state index contributed by atoms with van der Waals surface area (Å²) in [5.74, 6) is 0.941. The molecule has 0 bridgehead atoms. The molecule has 0 radical (unpaired) electrons. The van der Waals surface area contributed by atoms with E-state index < -0.39 is 0 Å². The first kappa shape index (κ1) is 14.4. The summed E-state index contributed by atoms with van der Waals surface area (Å²) in [6, 6.07) is 6.56. The number of rotatable bonds is 5. The van der Waals surface area contributed by atoms with Crippen LogP contribution in [-0.4, -0.2) is 21.5 Å². The van der Waals surface area contributed by atoms with Gasteiger partial charge in [-0.15, -0.1) is 11.6 Å². The molecule has 0 spiro atoms. The number of aryl methyl sites for hydroxylation is 2. The molecule has 4 nitrogen and oxygen atoms in total. The molecule has 1 saturated carbocycles. The molecule has 1 aromatic heterocycles. The van der Waals surface area contributed by atoms with Gasteiger partial charge >= 0.3 is 0 Å². The van der Waals surface area contributed by atoms with Crippen molar-refractivity contribution in [1.29, 1.82) is 0 Å². The fourth-order valence-electron chi connectivity index (χ4n) is 2.53. The molecule has 1 aromatic carbocycles. The van der Waals surface area contributed by atoms with E-state index in [0.717, 1.165) is 29.7 Å². The molecule has 0 saturated heterocycles. The first-order valence-corrected chi connectivity index (χ1v) is 7.88. The Hall–Kier alpha value is -1.55. The number of aromatic nitrogens is 2. The van der Waals surface area contributed by atoms with Gasteiger partial charge in [0.2, 0.25) is 5.91 Å². The molecule has 5 heteroatoms. The number of halogens is 1. The van der Waals surface area contributed by atoms with Crippen LogP contribution in [-0.2, 0) is 11.3 Å². The number of alkyl halides is 1. The Labute approximate surface area is 129 Å². The van der Waals surface area contributed by atoms with Crippen LogP contribution in [0.25, 0.3) is 11.0 Å². The summed E-state index contributed by atoms with van der Waals surface area (Å²) in [7, 11) is 0. The van der Waals surface area contributed by atoms with Gasteiger partial charge < -0.3 is 9.88 Å². The van der Waals surface area contributed by atoms with Crippen LogP contribution < -0.4 is 5.32 Å². The van der Waals surface area contributed by atoms with Crippen molar-refractivity contribution in [2.24, 2.45) is 0 Å². The van der Waals surface area contributed by atoms with Gasteiger partial charge in [0, 0.05) is 19.0 Å². The van der Waals surface area contributed by atoms with Crippen LogP contribution in [0, 0.1) is 6.92 Å². The Morgan fingerprint density at radius 2 is 2.29 bits per heavy atom. The lowest BCUT2D eigenvalue weighted by Crippen LogP contribution is -2.26. The van der Waals surface area contributed by atoms with Crippen molar-refractivity contribution in [3.8, 4) is 0 Å². The Morgan fingerprint density at radius 3 is 2.95 bits per heavy atom. The van der Waals surface area contributed by atoms with E-state index in [1.54, 1.807) is 0 Å². The molecular formula is C16H20ClN3O. The van der Waals surface area contributed by atoms with Crippen molar-refractivity contribution in [1.82, 2.24) is 14.9 Å². The normalized spacial score (nSPS) is 16.1. The molecule has 1 heterocycles. The van der Waals surface area contributed by atoms with Gasteiger partial charge in [0.15, 0.2) is 0 Å². The van der Waals surface area contributed by atoms with Crippen LogP contribution in [0.2, 0.25) is 0 Å². The summed E-state index contributed by atoms with van der Waals surface area (Å²) in [4.78, 5) is 16.5. The van der Waals surface area contributed by atoms with Gasteiger partial charge in [-0.3, -0.25) is 4.79 Å². The maximum atomic E-state index is 11.9. The molecule has 0 aliphatic heterocycles. The lowest BCUT2D eigenvalue weighted by atomic mass is 10.2. The second-order valence-corrected chi connectivity index (χ2v) is 6.48. The van der Waals surface area contributed by atoms with E-state index in [-0.39, 0.29) is 11.3 Å². The summed E-state index contributed by atoms with van der Waals surface area (Å²) in [5, 5.41) is 2.84. The number of carbonyl (C=O) groups excluding carboxylic acids is 1. The van der Waals surface area contributed by atoms with Crippen LogP contribution in [0.3, 0.4) is 0 Å². The van der Waals surface area contributed by atoms with Gasteiger partial charge in [-0.25, -0.2) is 4.98 Å². The smallest absolute Gasteiger partial charge is 0.222 e. The molecule has 1 N–H and O–H groups in total. The average molecular weight is 306 g/mol. The number of amides is 1. The Kier molecular flexibility index (Phi) is 3.89. The molecule has 1 atom stereocenters. The summed E-state index contributed by atoms with van der Waals surface area (Å²) < 4.78 is 2.08. The second-order valence-electron chi connectivity index (χ2n) is 5.82. The second kappa shape index (κ2) is 5.68. The predicted molar refractivity (Wildman–Crippen MR) is 84.5 cm³/mol. The van der Waals surface area contributed by atoms with E-state index in [2.05, 4.69) is 27.9 Å². The van der Waals surface area contributed by atoms with E-state index in [4.69, 9.17) is 11.6 Å². The van der Waals surface area contributed by atoms with Gasteiger partial charge in [0.1, 0.15) is 5.82 Å². The lowest BCUT2D eigenvalue weighted by Gasteiger charge is -2.11. The number of nitrogens with one attached hydrogen (secondary N) is 1. The molecule has 2 aromatic rings. The van der Waals surface area contributed by atoms with Crippen LogP contribution in [0.4, 0.5) is 0 Å². The number of hydrogen-bond acceptors (Lipinski definition) is 2. The Bertz CT molecular complexity index is 673. The first-order chi connectivity index (χ1) is 10.0. The van der Waals surface area contributed by atoms with Gasteiger partial charge in [0.05, 0.1) is 16.4 Å². The number of imidazole rings is 1. The SMILES string of the molecule is Cc1ccc2nc(C(C)Cl)n(CCC(=O)NC3CC3)c2c1. The molecule has 1 aliphatic rings. The summed E-state index contributed by atoms with van der Waals surface area (Å²) >= 11 is 6.25. The van der Waals surface area contributed by atoms with Crippen molar-refractivity contribution in [3.05, 3.63) is 29.6 Å². The third kappa shape index (κ3) is 3.21. The van der Waals surface area contributed by atoms with Crippen molar-refractivity contribution < 1.29 is 4.79 Å². The highest BCUT2D eigenvalue weighted by Crippen LogP contribution is 2.26. The Morgan fingerprint density at radius 1 is 1.52 bits per heavy atom. The highest BCUT2D eigenvalue weighted by atomic mass is 35.5. The molecule has 112 valence electrons. The third-order valence-electron chi connectivity index (χ3n) is 3.79. The van der Waals surface area contributed by atoms with E-state index >= 15 is 0 Å². The molecule has 1 fully saturated rings. The minimum Gasteiger partial charge on any atom is -0.353 e. The number of carbonyl (C=O) groups is 1. The highest BCUT2D eigenvalue weighted by molar-refractivity contribution is 6.20. The van der Waals surface area contributed by atoms with Gasteiger partial charge in [-0.1, -0.05) is 6.07 Å². The summed E-state index contributed by atoms with van der Waals surface area (Å²) in [5.41, 5.74) is 3.17. The standard InChI is InChI=1S/C16H20ClN3O/c1-10-3-6-13-14(9-10)20(16(19-13)11(2)17)8-7-15(21)18-12-4-5-12/h3,6,9,11-12H,4-5,7-8H2,1-2H3,(H,18,21). The zero-order chi connectivity index (χ0) is 15.0. The molecule has 3 rings (SSSR count). The zero-order valence-electron chi connectivity index (χ0n) is 12.4. The molecule has 1 amide bonds. The molecule has 1 aliphatic carbocycles. The van der Waals surface area contributed by atoms with Crippen molar-refractivity contribution in [2.75, 3.05) is 0 Å². The molecule has 1 unspecified atom stereocenters. The van der Waals surface area contributed by atoms with Crippen LogP contribution in [0.15, 0.2) is 18.2 Å². The first-order valence-electron chi connectivity index (χ1n) is 7.45. The minimum atomic E-state index is -0.177. The lowest BCUT2D eigenvalue weighted by molar-refractivity contribution is -0.121. The minimum absolute atomic E-state index is 0.111. The van der Waals surface area contributed by atoms with E-state index in [0.29, 0.717) is 19.0 Å². The van der Waals surface area contributed by atoms with Crippen LogP contribution in [0.5, 0.6) is 0 Å². The van der Waals surface area contributed by atoms with Crippen molar-refractivity contribution in [2.45, 2.75) is 51.1 Å². The maximum Gasteiger partial charge on any atom is 0.222 e. The Balaban J connectivity index is 1.85. The average Bonchev–Trinajstić information content (AvgIpc) is 3.16. The number of fused-ring (bicyclic) bond motifs is 1.